The molecule has 78 valence electrons. The average Bonchev–Trinajstić information content (AvgIpc) is 2.61. The van der Waals surface area contributed by atoms with Gasteiger partial charge in [-0.3, -0.25) is 4.79 Å². The van der Waals surface area contributed by atoms with E-state index in [1.54, 1.807) is 0 Å². The van der Waals surface area contributed by atoms with E-state index in [2.05, 4.69) is 4.98 Å². The molecule has 1 N–H and O–H groups in total. The summed E-state index contributed by atoms with van der Waals surface area (Å²) in [4.78, 5) is 15.1. The summed E-state index contributed by atoms with van der Waals surface area (Å²) in [7, 11) is 0. The molecular weight excluding hydrogens is 186 g/mol. The standard InChI is InChI=1S/C13H15NO/c1-13(2,3)12(15)9-4-5-10-7-14-8-11(10)6-9/h4-8,14H,1-3H3. The number of aromatic nitrogens is 1. The number of ketones is 1. The monoisotopic (exact) mass is 201 g/mol. The summed E-state index contributed by atoms with van der Waals surface area (Å²) in [5, 5.41) is 2.23. The third-order valence-electron chi connectivity index (χ3n) is 2.51. The predicted octanol–water partition coefficient (Wildman–Crippen LogP) is 3.40. The molecule has 0 atom stereocenters. The lowest BCUT2D eigenvalue weighted by Crippen LogP contribution is -2.19. The number of aromatic amines is 1. The Labute approximate surface area is 89.3 Å². The molecule has 0 aliphatic heterocycles. The zero-order valence-electron chi connectivity index (χ0n) is 9.29. The largest absolute Gasteiger partial charge is 0.366 e. The second kappa shape index (κ2) is 3.23. The molecule has 0 fully saturated rings. The van der Waals surface area contributed by atoms with E-state index in [0.717, 1.165) is 16.3 Å². The van der Waals surface area contributed by atoms with Gasteiger partial charge >= 0.3 is 0 Å². The van der Waals surface area contributed by atoms with Gasteiger partial charge in [0.1, 0.15) is 0 Å². The summed E-state index contributed by atoms with van der Waals surface area (Å²) in [6.45, 7) is 5.82. The number of Topliss-reactive ketones (excluding diaryl/α,β-unsaturated/α-hetero) is 1. The summed E-state index contributed by atoms with van der Waals surface area (Å²) in [6.07, 6.45) is 3.84. The van der Waals surface area contributed by atoms with Crippen molar-refractivity contribution in [3.8, 4) is 0 Å². The van der Waals surface area contributed by atoms with E-state index in [9.17, 15) is 4.79 Å². The summed E-state index contributed by atoms with van der Waals surface area (Å²) >= 11 is 0. The highest BCUT2D eigenvalue weighted by atomic mass is 16.1. The Morgan fingerprint density at radius 1 is 1.13 bits per heavy atom. The fourth-order valence-electron chi connectivity index (χ4n) is 1.63. The zero-order chi connectivity index (χ0) is 11.1. The lowest BCUT2D eigenvalue weighted by molar-refractivity contribution is 0.0858. The number of carbonyl (C=O) groups is 1. The highest BCUT2D eigenvalue weighted by Crippen LogP contribution is 2.23. The molecule has 0 unspecified atom stereocenters. The van der Waals surface area contributed by atoms with Gasteiger partial charge in [-0.25, -0.2) is 0 Å². The van der Waals surface area contributed by atoms with Gasteiger partial charge in [-0.2, -0.15) is 0 Å². The molecule has 0 aliphatic rings. The molecule has 1 aromatic carbocycles. The van der Waals surface area contributed by atoms with E-state index >= 15 is 0 Å². The maximum Gasteiger partial charge on any atom is 0.168 e. The molecule has 0 aliphatic carbocycles. The van der Waals surface area contributed by atoms with E-state index < -0.39 is 0 Å². The van der Waals surface area contributed by atoms with Crippen molar-refractivity contribution in [3.63, 3.8) is 0 Å². The smallest absolute Gasteiger partial charge is 0.168 e. The highest BCUT2D eigenvalue weighted by molar-refractivity contribution is 6.02. The maximum absolute atomic E-state index is 12.0. The summed E-state index contributed by atoms with van der Waals surface area (Å²) < 4.78 is 0. The van der Waals surface area contributed by atoms with Crippen molar-refractivity contribution in [2.24, 2.45) is 5.41 Å². The molecule has 1 aromatic heterocycles. The molecule has 0 bridgehead atoms. The van der Waals surface area contributed by atoms with Gasteiger partial charge in [0.2, 0.25) is 0 Å². The van der Waals surface area contributed by atoms with Crippen LogP contribution in [0.3, 0.4) is 0 Å². The molecule has 1 heterocycles. The normalized spacial score (nSPS) is 11.9. The van der Waals surface area contributed by atoms with Crippen LogP contribution < -0.4 is 0 Å². The first kappa shape index (κ1) is 9.97. The molecule has 0 amide bonds. The molecule has 0 radical (unpaired) electrons. The molecule has 15 heavy (non-hydrogen) atoms. The van der Waals surface area contributed by atoms with Crippen molar-refractivity contribution in [1.82, 2.24) is 4.98 Å². The molecule has 0 spiro atoms. The van der Waals surface area contributed by atoms with E-state index in [1.807, 2.05) is 51.4 Å². The van der Waals surface area contributed by atoms with Gasteiger partial charge in [-0.05, 0) is 16.8 Å². The second-order valence-electron chi connectivity index (χ2n) is 4.88. The minimum Gasteiger partial charge on any atom is -0.366 e. The number of fused-ring (bicyclic) bond motifs is 1. The van der Waals surface area contributed by atoms with Crippen molar-refractivity contribution in [2.45, 2.75) is 20.8 Å². The van der Waals surface area contributed by atoms with E-state index in [1.165, 1.54) is 0 Å². The van der Waals surface area contributed by atoms with E-state index in [4.69, 9.17) is 0 Å². The van der Waals surface area contributed by atoms with Gasteiger partial charge in [0.15, 0.2) is 5.78 Å². The van der Waals surface area contributed by atoms with Gasteiger partial charge in [0.05, 0.1) is 0 Å². The molecule has 2 aromatic rings. The van der Waals surface area contributed by atoms with Crippen LogP contribution >= 0.6 is 0 Å². The average molecular weight is 201 g/mol. The lowest BCUT2D eigenvalue weighted by Gasteiger charge is -2.16. The second-order valence-corrected chi connectivity index (χ2v) is 4.88. The fourth-order valence-corrected chi connectivity index (χ4v) is 1.63. The van der Waals surface area contributed by atoms with Crippen LogP contribution in [0.15, 0.2) is 30.6 Å². The number of carbonyl (C=O) groups excluding carboxylic acids is 1. The van der Waals surface area contributed by atoms with E-state index in [0.29, 0.717) is 0 Å². The Kier molecular flexibility index (Phi) is 2.14. The van der Waals surface area contributed by atoms with Crippen LogP contribution in [-0.4, -0.2) is 10.8 Å². The fraction of sp³-hybridized carbons (Fsp3) is 0.308. The Bertz CT molecular complexity index is 502. The SMILES string of the molecule is CC(C)(C)C(=O)c1ccc2c[nH]cc2c1. The third kappa shape index (κ3) is 1.80. The van der Waals surface area contributed by atoms with Crippen LogP contribution in [0.1, 0.15) is 31.1 Å². The van der Waals surface area contributed by atoms with Crippen LogP contribution in [0.4, 0.5) is 0 Å². The molecule has 2 nitrogen and oxygen atoms in total. The van der Waals surface area contributed by atoms with Crippen molar-refractivity contribution in [1.29, 1.82) is 0 Å². The third-order valence-corrected chi connectivity index (χ3v) is 2.51. The van der Waals surface area contributed by atoms with Crippen LogP contribution in [0.2, 0.25) is 0 Å². The summed E-state index contributed by atoms with van der Waals surface area (Å²) in [5.41, 5.74) is 0.471. The first-order valence-electron chi connectivity index (χ1n) is 5.10. The number of nitrogens with one attached hydrogen (secondary N) is 1. The van der Waals surface area contributed by atoms with Crippen molar-refractivity contribution >= 4 is 16.6 Å². The van der Waals surface area contributed by atoms with E-state index in [-0.39, 0.29) is 11.2 Å². The lowest BCUT2D eigenvalue weighted by atomic mass is 9.86. The predicted molar refractivity (Wildman–Crippen MR) is 62.1 cm³/mol. The Morgan fingerprint density at radius 2 is 1.80 bits per heavy atom. The van der Waals surface area contributed by atoms with Crippen LogP contribution in [0, 0.1) is 5.41 Å². The van der Waals surface area contributed by atoms with Crippen molar-refractivity contribution in [2.75, 3.05) is 0 Å². The summed E-state index contributed by atoms with van der Waals surface area (Å²) in [6, 6.07) is 5.81. The van der Waals surface area contributed by atoms with Crippen LogP contribution in [0.5, 0.6) is 0 Å². The Morgan fingerprint density at radius 3 is 2.47 bits per heavy atom. The molecule has 2 heteroatoms. The van der Waals surface area contributed by atoms with Crippen LogP contribution in [0.25, 0.3) is 10.8 Å². The number of benzene rings is 1. The quantitative estimate of drug-likeness (QED) is 0.705. The minimum absolute atomic E-state index is 0.186. The van der Waals surface area contributed by atoms with Gasteiger partial charge in [0.25, 0.3) is 0 Å². The van der Waals surface area contributed by atoms with Gasteiger partial charge in [-0.15, -0.1) is 0 Å². The van der Waals surface area contributed by atoms with Gasteiger partial charge in [-0.1, -0.05) is 32.9 Å². The highest BCUT2D eigenvalue weighted by Gasteiger charge is 2.22. The van der Waals surface area contributed by atoms with Crippen molar-refractivity contribution < 1.29 is 4.79 Å². The summed E-state index contributed by atoms with van der Waals surface area (Å²) in [5.74, 6) is 0.186. The zero-order valence-corrected chi connectivity index (χ0v) is 9.29. The minimum atomic E-state index is -0.315. The Hall–Kier alpha value is -1.57. The van der Waals surface area contributed by atoms with Gasteiger partial charge in [0, 0.05) is 23.4 Å². The molecule has 2 rings (SSSR count). The number of rotatable bonds is 1. The first-order chi connectivity index (χ1) is 6.98. The molecular formula is C13H15NO. The number of H-pyrrole nitrogens is 1. The first-order valence-corrected chi connectivity index (χ1v) is 5.10. The Balaban J connectivity index is 2.49. The van der Waals surface area contributed by atoms with Crippen molar-refractivity contribution in [3.05, 3.63) is 36.2 Å². The topological polar surface area (TPSA) is 32.9 Å². The maximum atomic E-state index is 12.0. The van der Waals surface area contributed by atoms with Gasteiger partial charge < -0.3 is 4.98 Å². The van der Waals surface area contributed by atoms with Crippen LogP contribution in [-0.2, 0) is 0 Å². The molecule has 0 saturated heterocycles. The number of hydrogen-bond acceptors (Lipinski definition) is 1. The molecule has 0 saturated carbocycles. The number of hydrogen-bond donors (Lipinski definition) is 1.